The summed E-state index contributed by atoms with van der Waals surface area (Å²) in [5, 5.41) is 0. The molecule has 1 aromatic rings. The standard InChI is InChI=1S/C14H18S2/c1-4-9-12-10-7-8-11-13(12)14(15-5-2)16-6-3/h7-8,10-11,14H,5-6H2,1-3H3. The number of rotatable bonds is 5. The number of thioether (sulfide) groups is 2. The van der Waals surface area contributed by atoms with Crippen molar-refractivity contribution in [2.45, 2.75) is 25.4 Å². The highest BCUT2D eigenvalue weighted by atomic mass is 32.2. The smallest absolute Gasteiger partial charge is 0.0763 e. The monoisotopic (exact) mass is 250 g/mol. The van der Waals surface area contributed by atoms with Crippen molar-refractivity contribution < 1.29 is 0 Å². The van der Waals surface area contributed by atoms with E-state index in [-0.39, 0.29) is 0 Å². The number of hydrogen-bond acceptors (Lipinski definition) is 2. The van der Waals surface area contributed by atoms with Crippen LogP contribution in [0.3, 0.4) is 0 Å². The Labute approximate surface area is 108 Å². The Hall–Kier alpha value is -0.520. The van der Waals surface area contributed by atoms with Crippen molar-refractivity contribution >= 4 is 23.5 Å². The van der Waals surface area contributed by atoms with Crippen LogP contribution in [0.4, 0.5) is 0 Å². The van der Waals surface area contributed by atoms with Crippen LogP contribution < -0.4 is 0 Å². The van der Waals surface area contributed by atoms with Gasteiger partial charge in [-0.3, -0.25) is 0 Å². The van der Waals surface area contributed by atoms with Crippen LogP contribution in [0.15, 0.2) is 24.3 Å². The molecule has 2 heteroatoms. The molecule has 0 radical (unpaired) electrons. The first-order chi connectivity index (χ1) is 7.83. The molecule has 16 heavy (non-hydrogen) atoms. The summed E-state index contributed by atoms with van der Waals surface area (Å²) in [4.78, 5) is 0. The van der Waals surface area contributed by atoms with Crippen LogP contribution >= 0.6 is 23.5 Å². The van der Waals surface area contributed by atoms with E-state index in [1.165, 1.54) is 11.1 Å². The van der Waals surface area contributed by atoms with Gasteiger partial charge in [0.25, 0.3) is 0 Å². The minimum atomic E-state index is 0.520. The predicted octanol–water partition coefficient (Wildman–Crippen LogP) is 4.56. The fourth-order valence-electron chi connectivity index (χ4n) is 1.48. The van der Waals surface area contributed by atoms with Gasteiger partial charge in [-0.05, 0) is 30.1 Å². The van der Waals surface area contributed by atoms with Gasteiger partial charge in [0.15, 0.2) is 0 Å². The van der Waals surface area contributed by atoms with Gasteiger partial charge in [0.05, 0.1) is 4.58 Å². The van der Waals surface area contributed by atoms with E-state index in [0.717, 1.165) is 11.5 Å². The van der Waals surface area contributed by atoms with Crippen LogP contribution in [0.25, 0.3) is 0 Å². The lowest BCUT2D eigenvalue weighted by atomic mass is 10.1. The zero-order valence-electron chi connectivity index (χ0n) is 10.1. The zero-order valence-corrected chi connectivity index (χ0v) is 11.8. The molecule has 0 fully saturated rings. The summed E-state index contributed by atoms with van der Waals surface area (Å²) in [6, 6.07) is 8.49. The molecule has 0 amide bonds. The molecule has 0 saturated heterocycles. The van der Waals surface area contributed by atoms with Crippen LogP contribution in [-0.4, -0.2) is 11.5 Å². The first kappa shape index (κ1) is 13.5. The van der Waals surface area contributed by atoms with Crippen molar-refractivity contribution in [3.63, 3.8) is 0 Å². The Morgan fingerprint density at radius 1 is 1.12 bits per heavy atom. The van der Waals surface area contributed by atoms with E-state index in [9.17, 15) is 0 Å². The molecule has 0 saturated carbocycles. The Kier molecular flexibility index (Phi) is 6.52. The predicted molar refractivity (Wildman–Crippen MR) is 78.0 cm³/mol. The van der Waals surface area contributed by atoms with E-state index >= 15 is 0 Å². The number of benzene rings is 1. The third kappa shape index (κ3) is 3.81. The first-order valence-electron chi connectivity index (χ1n) is 5.58. The Morgan fingerprint density at radius 3 is 2.31 bits per heavy atom. The van der Waals surface area contributed by atoms with E-state index in [2.05, 4.69) is 50.0 Å². The maximum Gasteiger partial charge on any atom is 0.0763 e. The molecule has 0 aromatic heterocycles. The molecule has 1 aromatic carbocycles. The van der Waals surface area contributed by atoms with Crippen LogP contribution in [0.2, 0.25) is 0 Å². The molecule has 1 rings (SSSR count). The van der Waals surface area contributed by atoms with Crippen molar-refractivity contribution in [2.24, 2.45) is 0 Å². The van der Waals surface area contributed by atoms with Gasteiger partial charge in [-0.15, -0.1) is 29.4 Å². The third-order valence-electron chi connectivity index (χ3n) is 2.11. The van der Waals surface area contributed by atoms with Gasteiger partial charge in [0.2, 0.25) is 0 Å². The first-order valence-corrected chi connectivity index (χ1v) is 7.68. The van der Waals surface area contributed by atoms with E-state index in [1.807, 2.05) is 30.4 Å². The Bertz CT molecular complexity index is 368. The second-order valence-electron chi connectivity index (χ2n) is 3.20. The minimum Gasteiger partial charge on any atom is -0.143 e. The molecule has 0 aliphatic heterocycles. The van der Waals surface area contributed by atoms with Crippen LogP contribution in [0, 0.1) is 11.8 Å². The molecule has 0 atom stereocenters. The molecule has 0 bridgehead atoms. The molecule has 0 aliphatic carbocycles. The molecule has 0 heterocycles. The summed E-state index contributed by atoms with van der Waals surface area (Å²) >= 11 is 3.98. The molecule has 0 N–H and O–H groups in total. The number of hydrogen-bond donors (Lipinski definition) is 0. The normalized spacial score (nSPS) is 10.0. The average molecular weight is 250 g/mol. The summed E-state index contributed by atoms with van der Waals surface area (Å²) < 4.78 is 0.520. The average Bonchev–Trinajstić information content (AvgIpc) is 2.30. The summed E-state index contributed by atoms with van der Waals surface area (Å²) in [7, 11) is 0. The van der Waals surface area contributed by atoms with Crippen molar-refractivity contribution in [2.75, 3.05) is 11.5 Å². The molecule has 0 nitrogen and oxygen atoms in total. The largest absolute Gasteiger partial charge is 0.143 e. The lowest BCUT2D eigenvalue weighted by Crippen LogP contribution is -1.94. The van der Waals surface area contributed by atoms with E-state index in [1.54, 1.807) is 0 Å². The summed E-state index contributed by atoms with van der Waals surface area (Å²) in [5.41, 5.74) is 2.55. The van der Waals surface area contributed by atoms with Crippen LogP contribution in [-0.2, 0) is 0 Å². The van der Waals surface area contributed by atoms with Crippen molar-refractivity contribution in [3.05, 3.63) is 35.4 Å². The molecule has 0 aliphatic rings. The van der Waals surface area contributed by atoms with Crippen LogP contribution in [0.5, 0.6) is 0 Å². The van der Waals surface area contributed by atoms with Gasteiger partial charge < -0.3 is 0 Å². The van der Waals surface area contributed by atoms with Gasteiger partial charge in [0.1, 0.15) is 0 Å². The second-order valence-corrected chi connectivity index (χ2v) is 6.27. The molecular formula is C14H18S2. The highest BCUT2D eigenvalue weighted by Gasteiger charge is 2.13. The topological polar surface area (TPSA) is 0 Å². The van der Waals surface area contributed by atoms with Crippen molar-refractivity contribution in [3.8, 4) is 11.8 Å². The maximum absolute atomic E-state index is 3.20. The summed E-state index contributed by atoms with van der Waals surface area (Å²) in [5.74, 6) is 8.48. The molecule has 0 unspecified atom stereocenters. The van der Waals surface area contributed by atoms with Gasteiger partial charge >= 0.3 is 0 Å². The summed E-state index contributed by atoms with van der Waals surface area (Å²) in [6.45, 7) is 6.32. The molecular weight excluding hydrogens is 232 g/mol. The fraction of sp³-hybridized carbons (Fsp3) is 0.429. The summed E-state index contributed by atoms with van der Waals surface area (Å²) in [6.07, 6.45) is 0. The van der Waals surface area contributed by atoms with Gasteiger partial charge in [-0.2, -0.15) is 0 Å². The van der Waals surface area contributed by atoms with Crippen molar-refractivity contribution in [1.82, 2.24) is 0 Å². The minimum absolute atomic E-state index is 0.520. The molecule has 86 valence electrons. The molecule has 0 spiro atoms. The Morgan fingerprint density at radius 2 is 1.75 bits per heavy atom. The fourth-order valence-corrected chi connectivity index (χ4v) is 4.06. The van der Waals surface area contributed by atoms with Crippen molar-refractivity contribution in [1.29, 1.82) is 0 Å². The van der Waals surface area contributed by atoms with Gasteiger partial charge in [-0.1, -0.05) is 38.0 Å². The van der Waals surface area contributed by atoms with E-state index in [0.29, 0.717) is 4.58 Å². The SMILES string of the molecule is CC#Cc1ccccc1C(SCC)SCC. The third-order valence-corrected chi connectivity index (χ3v) is 4.71. The van der Waals surface area contributed by atoms with E-state index in [4.69, 9.17) is 0 Å². The van der Waals surface area contributed by atoms with Crippen LogP contribution in [0.1, 0.15) is 36.5 Å². The van der Waals surface area contributed by atoms with Gasteiger partial charge in [0, 0.05) is 5.56 Å². The lowest BCUT2D eigenvalue weighted by molar-refractivity contribution is 1.33. The van der Waals surface area contributed by atoms with Gasteiger partial charge in [-0.25, -0.2) is 0 Å². The lowest BCUT2D eigenvalue weighted by Gasteiger charge is -2.16. The zero-order chi connectivity index (χ0) is 11.8. The second kappa shape index (κ2) is 7.70. The highest BCUT2D eigenvalue weighted by molar-refractivity contribution is 8.16. The Balaban J connectivity index is 3.00. The highest BCUT2D eigenvalue weighted by Crippen LogP contribution is 2.40. The van der Waals surface area contributed by atoms with E-state index < -0.39 is 0 Å². The quantitative estimate of drug-likeness (QED) is 0.555. The maximum atomic E-state index is 3.20.